The molecule has 3 atom stereocenters. The van der Waals surface area contributed by atoms with E-state index in [0.29, 0.717) is 6.04 Å². The fourth-order valence-corrected chi connectivity index (χ4v) is 3.98. The van der Waals surface area contributed by atoms with E-state index in [0.717, 1.165) is 28.7 Å². The largest absolute Gasteiger partial charge is 0.352 e. The number of halogens is 1. The highest BCUT2D eigenvalue weighted by molar-refractivity contribution is 9.10. The summed E-state index contributed by atoms with van der Waals surface area (Å²) in [5, 5.41) is 3.53. The molecule has 0 amide bonds. The molecule has 0 bridgehead atoms. The minimum atomic E-state index is 0.635. The number of rotatable bonds is 2. The van der Waals surface area contributed by atoms with E-state index in [1.165, 1.54) is 25.1 Å². The number of nitrogens with one attached hydrogen (secondary N) is 1. The molecule has 1 aromatic heterocycles. The monoisotopic (exact) mass is 309 g/mol. The smallest absolute Gasteiger partial charge is 0.143 e. The molecule has 18 heavy (non-hydrogen) atoms. The molecule has 0 aliphatic carbocycles. The Morgan fingerprint density at radius 3 is 3.11 bits per heavy atom. The lowest BCUT2D eigenvalue weighted by Gasteiger charge is -2.29. The Morgan fingerprint density at radius 2 is 2.33 bits per heavy atom. The van der Waals surface area contributed by atoms with Gasteiger partial charge in [-0.15, -0.1) is 0 Å². The van der Waals surface area contributed by atoms with Crippen molar-refractivity contribution in [3.63, 3.8) is 0 Å². The van der Waals surface area contributed by atoms with Crippen molar-refractivity contribution in [1.82, 2.24) is 10.3 Å². The van der Waals surface area contributed by atoms with Gasteiger partial charge in [-0.1, -0.05) is 6.92 Å². The van der Waals surface area contributed by atoms with Gasteiger partial charge in [-0.05, 0) is 52.7 Å². The Morgan fingerprint density at radius 1 is 1.50 bits per heavy atom. The summed E-state index contributed by atoms with van der Waals surface area (Å²) in [6.07, 6.45) is 3.12. The Bertz CT molecular complexity index is 449. The van der Waals surface area contributed by atoms with Crippen molar-refractivity contribution in [3.05, 3.63) is 22.3 Å². The van der Waals surface area contributed by atoms with Gasteiger partial charge in [0, 0.05) is 31.9 Å². The molecule has 98 valence electrons. The summed E-state index contributed by atoms with van der Waals surface area (Å²) >= 11 is 3.71. The summed E-state index contributed by atoms with van der Waals surface area (Å²) in [5.41, 5.74) is 1.27. The van der Waals surface area contributed by atoms with Gasteiger partial charge in [-0.25, -0.2) is 4.98 Å². The highest BCUT2D eigenvalue weighted by atomic mass is 79.9. The molecular formula is C14H20BrN3. The highest BCUT2D eigenvalue weighted by Crippen LogP contribution is 2.39. The summed E-state index contributed by atoms with van der Waals surface area (Å²) < 4.78 is 1.16. The Kier molecular flexibility index (Phi) is 3.32. The summed E-state index contributed by atoms with van der Waals surface area (Å²) in [7, 11) is 0. The van der Waals surface area contributed by atoms with Gasteiger partial charge >= 0.3 is 0 Å². The summed E-state index contributed by atoms with van der Waals surface area (Å²) in [5.74, 6) is 2.73. The van der Waals surface area contributed by atoms with Crippen LogP contribution in [0.1, 0.15) is 18.9 Å². The zero-order valence-electron chi connectivity index (χ0n) is 11.0. The highest BCUT2D eigenvalue weighted by Gasteiger charge is 2.44. The second kappa shape index (κ2) is 4.82. The fraction of sp³-hybridized carbons (Fsp3) is 0.643. The minimum Gasteiger partial charge on any atom is -0.352 e. The summed E-state index contributed by atoms with van der Waals surface area (Å²) in [6.45, 7) is 7.91. The van der Waals surface area contributed by atoms with E-state index in [1.54, 1.807) is 0 Å². The van der Waals surface area contributed by atoms with Crippen molar-refractivity contribution < 1.29 is 0 Å². The number of aromatic nitrogens is 1. The van der Waals surface area contributed by atoms with Crippen LogP contribution >= 0.6 is 15.9 Å². The minimum absolute atomic E-state index is 0.635. The van der Waals surface area contributed by atoms with Crippen LogP contribution in [0.2, 0.25) is 0 Å². The Balaban J connectivity index is 1.94. The van der Waals surface area contributed by atoms with Crippen LogP contribution in [0.5, 0.6) is 0 Å². The number of aryl methyl sites for hydroxylation is 1. The van der Waals surface area contributed by atoms with Gasteiger partial charge in [0.1, 0.15) is 5.82 Å². The maximum atomic E-state index is 4.61. The third-order valence-electron chi connectivity index (χ3n) is 4.47. The lowest BCUT2D eigenvalue weighted by molar-refractivity contribution is 0.441. The van der Waals surface area contributed by atoms with E-state index in [9.17, 15) is 0 Å². The van der Waals surface area contributed by atoms with Crippen molar-refractivity contribution in [2.24, 2.45) is 11.8 Å². The molecule has 2 fully saturated rings. The zero-order valence-corrected chi connectivity index (χ0v) is 12.6. The van der Waals surface area contributed by atoms with E-state index in [-0.39, 0.29) is 0 Å². The molecule has 1 N–H and O–H groups in total. The van der Waals surface area contributed by atoms with Gasteiger partial charge in [-0.3, -0.25) is 0 Å². The third-order valence-corrected chi connectivity index (χ3v) is 5.45. The van der Waals surface area contributed by atoms with Gasteiger partial charge in [0.25, 0.3) is 0 Å². The quantitative estimate of drug-likeness (QED) is 0.910. The topological polar surface area (TPSA) is 28.2 Å². The number of nitrogens with zero attached hydrogens (tertiary/aromatic N) is 2. The lowest BCUT2D eigenvalue weighted by Crippen LogP contribution is -2.35. The summed E-state index contributed by atoms with van der Waals surface area (Å²) in [6, 6.07) is 2.70. The van der Waals surface area contributed by atoms with E-state index in [1.807, 2.05) is 6.20 Å². The summed E-state index contributed by atoms with van der Waals surface area (Å²) in [4.78, 5) is 7.13. The second-order valence-corrected chi connectivity index (χ2v) is 6.27. The van der Waals surface area contributed by atoms with Gasteiger partial charge in [0.15, 0.2) is 0 Å². The van der Waals surface area contributed by atoms with Crippen LogP contribution in [0.3, 0.4) is 0 Å². The number of anilines is 1. The van der Waals surface area contributed by atoms with Crippen molar-refractivity contribution in [3.8, 4) is 0 Å². The first-order valence-corrected chi connectivity index (χ1v) is 7.60. The van der Waals surface area contributed by atoms with Crippen LogP contribution in [0.15, 0.2) is 16.7 Å². The van der Waals surface area contributed by atoms with E-state index in [4.69, 9.17) is 0 Å². The van der Waals surface area contributed by atoms with Gasteiger partial charge in [0.05, 0.1) is 4.47 Å². The molecule has 0 spiro atoms. The molecular weight excluding hydrogens is 290 g/mol. The first-order valence-electron chi connectivity index (χ1n) is 6.80. The average molecular weight is 310 g/mol. The maximum absolute atomic E-state index is 4.61. The van der Waals surface area contributed by atoms with Gasteiger partial charge in [-0.2, -0.15) is 0 Å². The van der Waals surface area contributed by atoms with Crippen LogP contribution in [0.25, 0.3) is 0 Å². The first-order chi connectivity index (χ1) is 8.72. The molecule has 1 aromatic rings. The molecule has 4 heteroatoms. The van der Waals surface area contributed by atoms with Crippen molar-refractivity contribution in [2.45, 2.75) is 26.3 Å². The molecule has 0 aromatic carbocycles. The molecule has 3 rings (SSSR count). The molecule has 2 aliphatic rings. The molecule has 2 aliphatic heterocycles. The van der Waals surface area contributed by atoms with Crippen molar-refractivity contribution >= 4 is 21.7 Å². The molecule has 2 saturated heterocycles. The maximum Gasteiger partial charge on any atom is 0.143 e. The zero-order chi connectivity index (χ0) is 12.7. The average Bonchev–Trinajstić information content (AvgIpc) is 2.92. The molecule has 3 heterocycles. The van der Waals surface area contributed by atoms with Crippen LogP contribution in [0, 0.1) is 18.8 Å². The molecule has 0 radical (unpaired) electrons. The van der Waals surface area contributed by atoms with E-state index in [2.05, 4.69) is 51.0 Å². The van der Waals surface area contributed by atoms with Crippen LogP contribution in [-0.2, 0) is 0 Å². The number of hydrogen-bond acceptors (Lipinski definition) is 3. The first kappa shape index (κ1) is 12.4. The SMILES string of the molecule is CCC1C2CNCC2CN1c1nccc(C)c1Br. The van der Waals surface area contributed by atoms with Crippen molar-refractivity contribution in [1.29, 1.82) is 0 Å². The Labute approximate surface area is 117 Å². The van der Waals surface area contributed by atoms with Crippen LogP contribution in [-0.4, -0.2) is 30.7 Å². The normalized spacial score (nSPS) is 30.8. The standard InChI is InChI=1S/C14H20BrN3/c1-3-12-11-7-16-6-10(11)8-18(12)14-13(15)9(2)4-5-17-14/h4-5,10-12,16H,3,6-8H2,1-2H3. The molecule has 3 nitrogen and oxygen atoms in total. The number of pyridine rings is 1. The predicted octanol–water partition coefficient (Wildman–Crippen LogP) is 2.59. The second-order valence-electron chi connectivity index (χ2n) is 5.48. The Hall–Kier alpha value is -0.610. The van der Waals surface area contributed by atoms with E-state index < -0.39 is 0 Å². The fourth-order valence-electron chi connectivity index (χ4n) is 3.52. The van der Waals surface area contributed by atoms with Crippen LogP contribution in [0.4, 0.5) is 5.82 Å². The number of hydrogen-bond donors (Lipinski definition) is 1. The predicted molar refractivity (Wildman–Crippen MR) is 77.9 cm³/mol. The number of fused-ring (bicyclic) bond motifs is 1. The lowest BCUT2D eigenvalue weighted by atomic mass is 9.93. The van der Waals surface area contributed by atoms with Gasteiger partial charge < -0.3 is 10.2 Å². The van der Waals surface area contributed by atoms with Gasteiger partial charge in [0.2, 0.25) is 0 Å². The third kappa shape index (κ3) is 1.86. The van der Waals surface area contributed by atoms with Crippen molar-refractivity contribution in [2.75, 3.05) is 24.5 Å². The molecule has 3 unspecified atom stereocenters. The molecule has 0 saturated carbocycles. The van der Waals surface area contributed by atoms with E-state index >= 15 is 0 Å². The van der Waals surface area contributed by atoms with Crippen LogP contribution < -0.4 is 10.2 Å².